The Hall–Kier alpha value is -3.51. The predicted octanol–water partition coefficient (Wildman–Crippen LogP) is 5.44. The number of methoxy groups -OCH3 is 1. The van der Waals surface area contributed by atoms with E-state index in [1.54, 1.807) is 37.7 Å². The van der Waals surface area contributed by atoms with Gasteiger partial charge in [0.05, 0.1) is 18.2 Å². The van der Waals surface area contributed by atoms with E-state index in [4.69, 9.17) is 25.8 Å². The molecular formula is C26H27ClN2O4. The molecule has 1 N–H and O–H groups in total. The number of carbonyl (C=O) groups is 1. The molecule has 6 nitrogen and oxygen atoms in total. The molecule has 0 unspecified atom stereocenters. The highest BCUT2D eigenvalue weighted by Crippen LogP contribution is 2.37. The highest BCUT2D eigenvalue weighted by Gasteiger charge is 2.12. The maximum Gasteiger partial charge on any atom is 0.244 e. The lowest BCUT2D eigenvalue weighted by Crippen LogP contribution is -2.20. The Kier molecular flexibility index (Phi) is 8.72. The molecule has 1 aromatic heterocycles. The van der Waals surface area contributed by atoms with Gasteiger partial charge in [0, 0.05) is 30.6 Å². The molecule has 3 rings (SSSR count). The lowest BCUT2D eigenvalue weighted by atomic mass is 10.1. The molecule has 0 bridgehead atoms. The average Bonchev–Trinajstić information content (AvgIpc) is 2.82. The Morgan fingerprint density at radius 1 is 1.15 bits per heavy atom. The number of amides is 1. The number of nitrogens with one attached hydrogen (secondary N) is 1. The Labute approximate surface area is 199 Å². The number of ether oxygens (including phenoxy) is 3. The van der Waals surface area contributed by atoms with Crippen LogP contribution in [0.4, 0.5) is 0 Å². The maximum atomic E-state index is 12.3. The van der Waals surface area contributed by atoms with Crippen LogP contribution in [-0.2, 0) is 17.9 Å². The van der Waals surface area contributed by atoms with Gasteiger partial charge in [0.1, 0.15) is 12.4 Å². The van der Waals surface area contributed by atoms with Crippen molar-refractivity contribution in [3.05, 3.63) is 88.7 Å². The molecule has 2 aromatic carbocycles. The number of hydrogen-bond acceptors (Lipinski definition) is 5. The lowest BCUT2D eigenvalue weighted by molar-refractivity contribution is -0.116. The number of nitrogens with zero attached hydrogens (tertiary/aromatic N) is 1. The number of aromatic nitrogens is 1. The van der Waals surface area contributed by atoms with Crippen molar-refractivity contribution in [2.45, 2.75) is 33.1 Å². The van der Waals surface area contributed by atoms with Gasteiger partial charge in [-0.15, -0.1) is 0 Å². The van der Waals surface area contributed by atoms with Crippen LogP contribution in [0.2, 0.25) is 5.02 Å². The zero-order valence-electron chi connectivity index (χ0n) is 18.9. The van der Waals surface area contributed by atoms with E-state index >= 15 is 0 Å². The predicted molar refractivity (Wildman–Crippen MR) is 130 cm³/mol. The molecular weight excluding hydrogens is 440 g/mol. The van der Waals surface area contributed by atoms with Crippen molar-refractivity contribution in [2.24, 2.45) is 0 Å². The molecule has 0 spiro atoms. The Balaban J connectivity index is 1.52. The van der Waals surface area contributed by atoms with Crippen LogP contribution in [-0.4, -0.2) is 24.1 Å². The standard InChI is InChI=1S/C26H27ClN2O4/c1-18(2)33-26-23(27)13-20(14-24(26)31-3)8-11-25(30)29-16-19-6-9-22(10-7-19)32-17-21-5-4-12-28-15-21/h4-15,18H,16-17H2,1-3H3,(H,29,30)/b11-8+. The van der Waals surface area contributed by atoms with E-state index in [1.165, 1.54) is 6.08 Å². The second kappa shape index (κ2) is 11.9. The molecule has 0 saturated heterocycles. The number of benzene rings is 2. The summed E-state index contributed by atoms with van der Waals surface area (Å²) in [6.07, 6.45) is 6.60. The molecule has 33 heavy (non-hydrogen) atoms. The van der Waals surface area contributed by atoms with Crippen LogP contribution in [0.25, 0.3) is 6.08 Å². The Morgan fingerprint density at radius 3 is 2.61 bits per heavy atom. The van der Waals surface area contributed by atoms with Crippen LogP contribution in [0, 0.1) is 0 Å². The molecule has 0 atom stereocenters. The number of halogens is 1. The van der Waals surface area contributed by atoms with Gasteiger partial charge in [-0.25, -0.2) is 0 Å². The fourth-order valence-corrected chi connectivity index (χ4v) is 3.22. The van der Waals surface area contributed by atoms with Crippen LogP contribution in [0.3, 0.4) is 0 Å². The van der Waals surface area contributed by atoms with Gasteiger partial charge in [0.2, 0.25) is 5.91 Å². The molecule has 0 aliphatic rings. The van der Waals surface area contributed by atoms with E-state index in [9.17, 15) is 4.79 Å². The fourth-order valence-electron chi connectivity index (χ4n) is 2.96. The van der Waals surface area contributed by atoms with Crippen molar-refractivity contribution in [1.82, 2.24) is 10.3 Å². The van der Waals surface area contributed by atoms with Crippen molar-refractivity contribution in [3.8, 4) is 17.2 Å². The Bertz CT molecular complexity index is 1080. The van der Waals surface area contributed by atoms with Crippen LogP contribution in [0.15, 0.2) is 67.0 Å². The van der Waals surface area contributed by atoms with Crippen molar-refractivity contribution in [1.29, 1.82) is 0 Å². The normalized spacial score (nSPS) is 10.9. The van der Waals surface area contributed by atoms with Crippen LogP contribution < -0.4 is 19.5 Å². The molecule has 0 fully saturated rings. The summed E-state index contributed by atoms with van der Waals surface area (Å²) in [6, 6.07) is 14.9. The molecule has 0 aliphatic carbocycles. The minimum absolute atomic E-state index is 0.0367. The van der Waals surface area contributed by atoms with Gasteiger partial charge in [0.25, 0.3) is 0 Å². The molecule has 0 aliphatic heterocycles. The summed E-state index contributed by atoms with van der Waals surface area (Å²) in [5, 5.41) is 3.29. The number of pyridine rings is 1. The summed E-state index contributed by atoms with van der Waals surface area (Å²) in [4.78, 5) is 16.3. The first-order valence-electron chi connectivity index (χ1n) is 10.6. The van der Waals surface area contributed by atoms with Gasteiger partial charge >= 0.3 is 0 Å². The zero-order chi connectivity index (χ0) is 23.6. The van der Waals surface area contributed by atoms with Gasteiger partial charge in [-0.1, -0.05) is 29.8 Å². The minimum Gasteiger partial charge on any atom is -0.493 e. The third kappa shape index (κ3) is 7.54. The Morgan fingerprint density at radius 2 is 1.94 bits per heavy atom. The van der Waals surface area contributed by atoms with Crippen LogP contribution >= 0.6 is 11.6 Å². The van der Waals surface area contributed by atoms with Crippen molar-refractivity contribution in [3.63, 3.8) is 0 Å². The summed E-state index contributed by atoms with van der Waals surface area (Å²) >= 11 is 6.33. The quantitative estimate of drug-likeness (QED) is 0.403. The summed E-state index contributed by atoms with van der Waals surface area (Å²) in [5.74, 6) is 1.54. The summed E-state index contributed by atoms with van der Waals surface area (Å²) in [5.41, 5.74) is 2.70. The maximum absolute atomic E-state index is 12.3. The molecule has 7 heteroatoms. The zero-order valence-corrected chi connectivity index (χ0v) is 19.6. The number of carbonyl (C=O) groups excluding carboxylic acids is 1. The summed E-state index contributed by atoms with van der Waals surface area (Å²) in [6.45, 7) is 4.68. The largest absolute Gasteiger partial charge is 0.493 e. The first-order chi connectivity index (χ1) is 15.9. The fraction of sp³-hybridized carbons (Fsp3) is 0.231. The van der Waals surface area contributed by atoms with Crippen molar-refractivity contribution in [2.75, 3.05) is 7.11 Å². The topological polar surface area (TPSA) is 69.7 Å². The molecule has 1 heterocycles. The number of hydrogen-bond donors (Lipinski definition) is 1. The molecule has 172 valence electrons. The molecule has 1 amide bonds. The highest BCUT2D eigenvalue weighted by molar-refractivity contribution is 6.32. The van der Waals surface area contributed by atoms with Gasteiger partial charge in [-0.2, -0.15) is 0 Å². The van der Waals surface area contributed by atoms with Crippen molar-refractivity contribution < 1.29 is 19.0 Å². The minimum atomic E-state index is -0.218. The second-order valence-electron chi connectivity index (χ2n) is 7.55. The van der Waals surface area contributed by atoms with Gasteiger partial charge in [-0.05, 0) is 61.4 Å². The highest BCUT2D eigenvalue weighted by atomic mass is 35.5. The lowest BCUT2D eigenvalue weighted by Gasteiger charge is -2.15. The van der Waals surface area contributed by atoms with Gasteiger partial charge < -0.3 is 19.5 Å². The summed E-state index contributed by atoms with van der Waals surface area (Å²) in [7, 11) is 1.55. The van der Waals surface area contributed by atoms with Crippen LogP contribution in [0.5, 0.6) is 17.2 Å². The van der Waals surface area contributed by atoms with Gasteiger partial charge in [0.15, 0.2) is 11.5 Å². The summed E-state index contributed by atoms with van der Waals surface area (Å²) < 4.78 is 16.8. The molecule has 0 saturated carbocycles. The van der Waals surface area contributed by atoms with E-state index in [-0.39, 0.29) is 12.0 Å². The monoisotopic (exact) mass is 466 g/mol. The van der Waals surface area contributed by atoms with E-state index in [0.29, 0.717) is 29.7 Å². The third-order valence-electron chi connectivity index (χ3n) is 4.55. The van der Waals surface area contributed by atoms with Gasteiger partial charge in [-0.3, -0.25) is 9.78 Å². The molecule has 0 radical (unpaired) electrons. The number of rotatable bonds is 10. The van der Waals surface area contributed by atoms with E-state index in [1.807, 2.05) is 50.2 Å². The van der Waals surface area contributed by atoms with E-state index < -0.39 is 0 Å². The first kappa shape index (κ1) is 24.1. The van der Waals surface area contributed by atoms with E-state index in [0.717, 1.165) is 22.4 Å². The first-order valence-corrected chi connectivity index (χ1v) is 10.9. The van der Waals surface area contributed by atoms with Crippen molar-refractivity contribution >= 4 is 23.6 Å². The van der Waals surface area contributed by atoms with Crippen LogP contribution in [0.1, 0.15) is 30.5 Å². The smallest absolute Gasteiger partial charge is 0.244 e. The SMILES string of the molecule is COc1cc(/C=C/C(=O)NCc2ccc(OCc3cccnc3)cc2)cc(Cl)c1OC(C)C. The second-order valence-corrected chi connectivity index (χ2v) is 7.95. The molecule has 3 aromatic rings. The third-order valence-corrected chi connectivity index (χ3v) is 4.83. The van der Waals surface area contributed by atoms with E-state index in [2.05, 4.69) is 10.3 Å². The average molecular weight is 467 g/mol.